The number of ketones is 1. The zero-order chi connectivity index (χ0) is 13.1. The van der Waals surface area contributed by atoms with E-state index in [2.05, 4.69) is 6.92 Å². The van der Waals surface area contributed by atoms with Crippen molar-refractivity contribution in [1.29, 1.82) is 0 Å². The summed E-state index contributed by atoms with van der Waals surface area (Å²) in [4.78, 5) is 12.0. The van der Waals surface area contributed by atoms with Gasteiger partial charge in [-0.1, -0.05) is 54.1 Å². The van der Waals surface area contributed by atoms with E-state index in [1.807, 2.05) is 6.07 Å². The molecule has 2 aromatic rings. The minimum Gasteiger partial charge on any atom is -0.380 e. The van der Waals surface area contributed by atoms with Gasteiger partial charge in [0, 0.05) is 10.6 Å². The van der Waals surface area contributed by atoms with Gasteiger partial charge in [-0.2, -0.15) is 0 Å². The molecule has 1 atom stereocenters. The highest BCUT2D eigenvalue weighted by Crippen LogP contribution is 2.23. The Balaban J connectivity index is 2.28. The van der Waals surface area contributed by atoms with Gasteiger partial charge in [-0.05, 0) is 24.1 Å². The summed E-state index contributed by atoms with van der Waals surface area (Å²) in [5.41, 5.74) is 1.61. The largest absolute Gasteiger partial charge is 0.380 e. The van der Waals surface area contributed by atoms with Crippen molar-refractivity contribution in [2.75, 3.05) is 0 Å². The molecule has 0 saturated carbocycles. The van der Waals surface area contributed by atoms with Crippen LogP contribution in [-0.2, 0) is 0 Å². The number of aliphatic hydroxyl groups excluding tert-OH is 1. The number of carbonyl (C=O) groups excluding carboxylic acids is 1. The molecule has 0 amide bonds. The van der Waals surface area contributed by atoms with Crippen LogP contribution in [0.4, 0.5) is 0 Å². The third kappa shape index (κ3) is 2.61. The maximum atomic E-state index is 12.0. The van der Waals surface area contributed by atoms with E-state index in [1.165, 1.54) is 0 Å². The molecular weight excluding hydrogens is 248 g/mol. The summed E-state index contributed by atoms with van der Waals surface area (Å²) < 4.78 is 0. The van der Waals surface area contributed by atoms with Crippen LogP contribution >= 0.6 is 11.6 Å². The lowest BCUT2D eigenvalue weighted by atomic mass is 9.99. The molecule has 0 saturated heterocycles. The number of benzene rings is 2. The van der Waals surface area contributed by atoms with E-state index in [1.54, 1.807) is 42.5 Å². The molecular formula is C15H12ClO2. The lowest BCUT2D eigenvalue weighted by Gasteiger charge is -2.11. The van der Waals surface area contributed by atoms with Crippen molar-refractivity contribution in [2.45, 2.75) is 6.10 Å². The van der Waals surface area contributed by atoms with Crippen molar-refractivity contribution in [3.05, 3.63) is 77.2 Å². The summed E-state index contributed by atoms with van der Waals surface area (Å²) >= 11 is 5.92. The lowest BCUT2D eigenvalue weighted by molar-refractivity contribution is 0.0747. The number of halogens is 1. The fourth-order valence-corrected chi connectivity index (χ4v) is 1.83. The van der Waals surface area contributed by atoms with Crippen LogP contribution < -0.4 is 0 Å². The molecule has 3 heteroatoms. The van der Waals surface area contributed by atoms with Crippen LogP contribution in [0.15, 0.2) is 48.5 Å². The van der Waals surface area contributed by atoms with Crippen molar-refractivity contribution in [3.63, 3.8) is 0 Å². The fraction of sp³-hybridized carbons (Fsp3) is 0.0667. The van der Waals surface area contributed by atoms with Crippen molar-refractivity contribution in [1.82, 2.24) is 0 Å². The van der Waals surface area contributed by atoms with Gasteiger partial charge < -0.3 is 5.11 Å². The summed E-state index contributed by atoms with van der Waals surface area (Å²) in [6.45, 7) is 3.73. The first-order valence-corrected chi connectivity index (χ1v) is 5.86. The Hall–Kier alpha value is -1.64. The molecule has 1 radical (unpaired) electrons. The van der Waals surface area contributed by atoms with E-state index < -0.39 is 6.10 Å². The zero-order valence-electron chi connectivity index (χ0n) is 9.64. The average molecular weight is 260 g/mol. The van der Waals surface area contributed by atoms with E-state index in [9.17, 15) is 9.90 Å². The number of rotatable bonds is 3. The van der Waals surface area contributed by atoms with Gasteiger partial charge in [0.25, 0.3) is 0 Å². The van der Waals surface area contributed by atoms with E-state index in [-0.39, 0.29) is 5.78 Å². The molecule has 1 N–H and O–H groups in total. The Bertz CT molecular complexity index is 564. The molecule has 0 aliphatic rings. The van der Waals surface area contributed by atoms with E-state index in [0.29, 0.717) is 21.7 Å². The lowest BCUT2D eigenvalue weighted by Crippen LogP contribution is -2.12. The topological polar surface area (TPSA) is 37.3 Å². The van der Waals surface area contributed by atoms with Gasteiger partial charge in [0.15, 0.2) is 5.78 Å². The van der Waals surface area contributed by atoms with Crippen LogP contribution in [0.3, 0.4) is 0 Å². The third-order valence-corrected chi connectivity index (χ3v) is 3.05. The predicted molar refractivity (Wildman–Crippen MR) is 71.6 cm³/mol. The highest BCUT2D eigenvalue weighted by Gasteiger charge is 2.19. The number of hydrogen-bond donors (Lipinski definition) is 1. The Morgan fingerprint density at radius 1 is 1.17 bits per heavy atom. The van der Waals surface area contributed by atoms with Crippen molar-refractivity contribution < 1.29 is 9.90 Å². The second kappa shape index (κ2) is 5.34. The van der Waals surface area contributed by atoms with Crippen LogP contribution in [0.5, 0.6) is 0 Å². The molecule has 2 nitrogen and oxygen atoms in total. The SMILES string of the molecule is [CH2]c1ccc(C(O)C(=O)c2ccccc2)cc1Cl. The normalized spacial score (nSPS) is 12.2. The predicted octanol–water partition coefficient (Wildman–Crippen LogP) is 3.44. The van der Waals surface area contributed by atoms with E-state index >= 15 is 0 Å². The second-order valence-corrected chi connectivity index (χ2v) is 4.39. The molecule has 1 unspecified atom stereocenters. The number of aliphatic hydroxyl groups is 1. The standard InChI is InChI=1S/C15H12ClO2/c1-10-7-8-12(9-13(10)16)15(18)14(17)11-5-3-2-4-6-11/h2-9,15,18H,1H2. The van der Waals surface area contributed by atoms with Crippen LogP contribution in [0.25, 0.3) is 0 Å². The molecule has 0 aliphatic heterocycles. The minimum atomic E-state index is -1.20. The van der Waals surface area contributed by atoms with Gasteiger partial charge in [0.1, 0.15) is 6.10 Å². The molecule has 2 aromatic carbocycles. The number of carbonyl (C=O) groups is 1. The van der Waals surface area contributed by atoms with Crippen LogP contribution in [-0.4, -0.2) is 10.9 Å². The molecule has 0 aromatic heterocycles. The Morgan fingerprint density at radius 2 is 1.83 bits per heavy atom. The minimum absolute atomic E-state index is 0.344. The number of hydrogen-bond acceptors (Lipinski definition) is 2. The zero-order valence-corrected chi connectivity index (χ0v) is 10.4. The molecule has 18 heavy (non-hydrogen) atoms. The Morgan fingerprint density at radius 3 is 2.44 bits per heavy atom. The first-order chi connectivity index (χ1) is 8.59. The summed E-state index contributed by atoms with van der Waals surface area (Å²) in [6.07, 6.45) is -1.20. The van der Waals surface area contributed by atoms with Gasteiger partial charge >= 0.3 is 0 Å². The average Bonchev–Trinajstić information content (AvgIpc) is 2.41. The van der Waals surface area contributed by atoms with Crippen molar-refractivity contribution >= 4 is 17.4 Å². The van der Waals surface area contributed by atoms with Crippen LogP contribution in [0, 0.1) is 6.92 Å². The molecule has 91 valence electrons. The molecule has 0 bridgehead atoms. The second-order valence-electron chi connectivity index (χ2n) is 3.98. The summed E-state index contributed by atoms with van der Waals surface area (Å²) in [5, 5.41) is 10.5. The first kappa shape index (κ1) is 12.8. The van der Waals surface area contributed by atoms with Gasteiger partial charge in [0.05, 0.1) is 0 Å². The summed E-state index contributed by atoms with van der Waals surface area (Å²) in [5.74, 6) is -0.344. The van der Waals surface area contributed by atoms with Crippen molar-refractivity contribution in [3.8, 4) is 0 Å². The summed E-state index contributed by atoms with van der Waals surface area (Å²) in [7, 11) is 0. The van der Waals surface area contributed by atoms with Crippen LogP contribution in [0.2, 0.25) is 5.02 Å². The van der Waals surface area contributed by atoms with Gasteiger partial charge in [-0.15, -0.1) is 0 Å². The quantitative estimate of drug-likeness (QED) is 0.858. The molecule has 0 aliphatic carbocycles. The van der Waals surface area contributed by atoms with E-state index in [0.717, 1.165) is 0 Å². The third-order valence-electron chi connectivity index (χ3n) is 2.70. The highest BCUT2D eigenvalue weighted by molar-refractivity contribution is 6.31. The van der Waals surface area contributed by atoms with E-state index in [4.69, 9.17) is 11.6 Å². The first-order valence-electron chi connectivity index (χ1n) is 5.48. The maximum absolute atomic E-state index is 12.0. The van der Waals surface area contributed by atoms with Gasteiger partial charge in [-0.3, -0.25) is 4.79 Å². The molecule has 0 spiro atoms. The van der Waals surface area contributed by atoms with Crippen molar-refractivity contribution in [2.24, 2.45) is 0 Å². The smallest absolute Gasteiger partial charge is 0.195 e. The molecule has 0 heterocycles. The fourth-order valence-electron chi connectivity index (χ4n) is 1.65. The van der Waals surface area contributed by atoms with Gasteiger partial charge in [-0.25, -0.2) is 0 Å². The maximum Gasteiger partial charge on any atom is 0.195 e. The highest BCUT2D eigenvalue weighted by atomic mass is 35.5. The Labute approximate surface area is 111 Å². The molecule has 2 rings (SSSR count). The Kier molecular flexibility index (Phi) is 3.80. The molecule has 0 fully saturated rings. The van der Waals surface area contributed by atoms with Gasteiger partial charge in [0.2, 0.25) is 0 Å². The summed E-state index contributed by atoms with van der Waals surface area (Å²) in [6, 6.07) is 13.6. The monoisotopic (exact) mass is 259 g/mol. The van der Waals surface area contributed by atoms with Crippen LogP contribution in [0.1, 0.15) is 27.6 Å². The number of Topliss-reactive ketones (excluding diaryl/α,β-unsaturated/α-hetero) is 1.